The van der Waals surface area contributed by atoms with E-state index in [-0.39, 0.29) is 0 Å². The molecule has 0 aromatic heterocycles. The highest BCUT2D eigenvalue weighted by molar-refractivity contribution is 4.73. The average molecular weight is 230 g/mol. The van der Waals surface area contributed by atoms with Gasteiger partial charge in [-0.25, -0.2) is 0 Å². The van der Waals surface area contributed by atoms with Crippen LogP contribution in [0.25, 0.3) is 0 Å². The smallest absolute Gasteiger partial charge is 0.0590 e. The molecule has 0 amide bonds. The molecule has 1 N–H and O–H groups in total. The van der Waals surface area contributed by atoms with Crippen molar-refractivity contribution in [3.63, 3.8) is 0 Å². The van der Waals surface area contributed by atoms with E-state index >= 15 is 0 Å². The Morgan fingerprint density at radius 1 is 1.19 bits per heavy atom. The van der Waals surface area contributed by atoms with E-state index < -0.39 is 0 Å². The fourth-order valence-corrected chi connectivity index (χ4v) is 1.83. The predicted molar refractivity (Wildman–Crippen MR) is 70.9 cm³/mol. The predicted octanol–water partition coefficient (Wildman–Crippen LogP) is 1.98. The van der Waals surface area contributed by atoms with Crippen molar-refractivity contribution in [2.45, 2.75) is 33.6 Å². The van der Waals surface area contributed by atoms with Crippen molar-refractivity contribution >= 4 is 0 Å². The topological polar surface area (TPSA) is 24.5 Å². The first-order valence-electron chi connectivity index (χ1n) is 6.41. The first-order valence-corrected chi connectivity index (χ1v) is 6.41. The minimum atomic E-state index is 0.326. The third-order valence-electron chi connectivity index (χ3n) is 2.41. The lowest BCUT2D eigenvalue weighted by Crippen LogP contribution is -2.38. The minimum absolute atomic E-state index is 0.326. The first-order chi connectivity index (χ1) is 7.48. The highest BCUT2D eigenvalue weighted by Gasteiger charge is 2.17. The quantitative estimate of drug-likeness (QED) is 0.581. The van der Waals surface area contributed by atoms with E-state index in [0.29, 0.717) is 5.41 Å². The van der Waals surface area contributed by atoms with Crippen molar-refractivity contribution < 1.29 is 4.74 Å². The van der Waals surface area contributed by atoms with Crippen molar-refractivity contribution in [1.82, 2.24) is 10.2 Å². The Hall–Kier alpha value is -0.120. The fraction of sp³-hybridized carbons (Fsp3) is 1.00. The summed E-state index contributed by atoms with van der Waals surface area (Å²) in [4.78, 5) is 2.24. The third kappa shape index (κ3) is 10.4. The number of nitrogens with zero attached hydrogens (tertiary/aromatic N) is 1. The van der Waals surface area contributed by atoms with Crippen molar-refractivity contribution in [2.75, 3.05) is 46.9 Å². The molecular weight excluding hydrogens is 200 g/mol. The van der Waals surface area contributed by atoms with Crippen LogP contribution in [-0.4, -0.2) is 51.8 Å². The van der Waals surface area contributed by atoms with Crippen molar-refractivity contribution in [3.8, 4) is 0 Å². The van der Waals surface area contributed by atoms with Crippen LogP contribution in [-0.2, 0) is 4.74 Å². The molecule has 3 heteroatoms. The van der Waals surface area contributed by atoms with E-state index in [2.05, 4.69) is 45.1 Å². The molecule has 16 heavy (non-hydrogen) atoms. The maximum Gasteiger partial charge on any atom is 0.0590 e. The van der Waals surface area contributed by atoms with Gasteiger partial charge < -0.3 is 15.0 Å². The Labute approximate surface area is 102 Å². The Morgan fingerprint density at radius 3 is 2.44 bits per heavy atom. The summed E-state index contributed by atoms with van der Waals surface area (Å²) in [5.41, 5.74) is 0.326. The number of hydrogen-bond donors (Lipinski definition) is 1. The van der Waals surface area contributed by atoms with Crippen LogP contribution in [0.15, 0.2) is 0 Å². The second-order valence-corrected chi connectivity index (χ2v) is 5.54. The lowest BCUT2D eigenvalue weighted by atomic mass is 9.93. The van der Waals surface area contributed by atoms with Crippen LogP contribution < -0.4 is 5.32 Å². The first kappa shape index (κ1) is 15.9. The number of rotatable bonds is 10. The monoisotopic (exact) mass is 230 g/mol. The summed E-state index contributed by atoms with van der Waals surface area (Å²) in [6.45, 7) is 11.6. The SMILES string of the molecule is CCCCOCCNCC(C)(C)CN(C)C. The van der Waals surface area contributed by atoms with Gasteiger partial charge in [0.1, 0.15) is 0 Å². The molecule has 0 radical (unpaired) electrons. The Kier molecular flexibility index (Phi) is 8.90. The molecule has 0 aliphatic carbocycles. The van der Waals surface area contributed by atoms with Crippen molar-refractivity contribution in [1.29, 1.82) is 0 Å². The van der Waals surface area contributed by atoms with Gasteiger partial charge in [-0.05, 0) is 25.9 Å². The second-order valence-electron chi connectivity index (χ2n) is 5.54. The van der Waals surface area contributed by atoms with Crippen LogP contribution in [0.3, 0.4) is 0 Å². The van der Waals surface area contributed by atoms with Gasteiger partial charge in [0.15, 0.2) is 0 Å². The summed E-state index contributed by atoms with van der Waals surface area (Å²) >= 11 is 0. The van der Waals surface area contributed by atoms with E-state index in [4.69, 9.17) is 4.74 Å². The van der Waals surface area contributed by atoms with Crippen LogP contribution in [0.2, 0.25) is 0 Å². The molecule has 3 nitrogen and oxygen atoms in total. The zero-order valence-corrected chi connectivity index (χ0v) is 11.8. The van der Waals surface area contributed by atoms with Crippen LogP contribution in [0.4, 0.5) is 0 Å². The lowest BCUT2D eigenvalue weighted by molar-refractivity contribution is 0.129. The normalized spacial score (nSPS) is 12.4. The molecule has 0 bridgehead atoms. The zero-order valence-electron chi connectivity index (χ0n) is 11.8. The number of unbranched alkanes of at least 4 members (excludes halogenated alkanes) is 1. The molecule has 0 aliphatic rings. The minimum Gasteiger partial charge on any atom is -0.380 e. The van der Waals surface area contributed by atoms with Gasteiger partial charge in [0.25, 0.3) is 0 Å². The number of nitrogens with one attached hydrogen (secondary N) is 1. The molecule has 0 aromatic carbocycles. The Bertz CT molecular complexity index is 158. The molecule has 0 saturated carbocycles. The van der Waals surface area contributed by atoms with Gasteiger partial charge in [-0.1, -0.05) is 27.2 Å². The van der Waals surface area contributed by atoms with Gasteiger partial charge in [0, 0.05) is 26.2 Å². The van der Waals surface area contributed by atoms with E-state index in [1.165, 1.54) is 12.8 Å². The van der Waals surface area contributed by atoms with Gasteiger partial charge in [-0.2, -0.15) is 0 Å². The highest BCUT2D eigenvalue weighted by atomic mass is 16.5. The van der Waals surface area contributed by atoms with Crippen LogP contribution in [0.1, 0.15) is 33.6 Å². The molecule has 98 valence electrons. The molecule has 0 aromatic rings. The summed E-state index contributed by atoms with van der Waals surface area (Å²) in [6.07, 6.45) is 2.38. The molecule has 0 heterocycles. The van der Waals surface area contributed by atoms with E-state index in [1.54, 1.807) is 0 Å². The Balaban J connectivity index is 3.36. The van der Waals surface area contributed by atoms with Crippen LogP contribution in [0.5, 0.6) is 0 Å². The van der Waals surface area contributed by atoms with Gasteiger partial charge >= 0.3 is 0 Å². The highest BCUT2D eigenvalue weighted by Crippen LogP contribution is 2.13. The van der Waals surface area contributed by atoms with Crippen LogP contribution in [0, 0.1) is 5.41 Å². The summed E-state index contributed by atoms with van der Waals surface area (Å²) < 4.78 is 5.50. The van der Waals surface area contributed by atoms with Gasteiger partial charge in [0.05, 0.1) is 6.61 Å². The third-order valence-corrected chi connectivity index (χ3v) is 2.41. The number of ether oxygens (including phenoxy) is 1. The molecule has 0 unspecified atom stereocenters. The second kappa shape index (κ2) is 8.97. The lowest BCUT2D eigenvalue weighted by Gasteiger charge is -2.28. The summed E-state index contributed by atoms with van der Waals surface area (Å²) in [5, 5.41) is 3.46. The molecule has 0 fully saturated rings. The van der Waals surface area contributed by atoms with Gasteiger partial charge in [0.2, 0.25) is 0 Å². The zero-order chi connectivity index (χ0) is 12.4. The Morgan fingerprint density at radius 2 is 1.88 bits per heavy atom. The van der Waals surface area contributed by atoms with E-state index in [9.17, 15) is 0 Å². The van der Waals surface area contributed by atoms with Crippen LogP contribution >= 0.6 is 0 Å². The summed E-state index contributed by atoms with van der Waals surface area (Å²) in [7, 11) is 4.24. The van der Waals surface area contributed by atoms with Gasteiger partial charge in [-0.3, -0.25) is 0 Å². The summed E-state index contributed by atoms with van der Waals surface area (Å²) in [6, 6.07) is 0. The molecule has 0 rings (SSSR count). The largest absolute Gasteiger partial charge is 0.380 e. The number of hydrogen-bond acceptors (Lipinski definition) is 3. The fourth-order valence-electron chi connectivity index (χ4n) is 1.83. The molecule has 0 atom stereocenters. The summed E-state index contributed by atoms with van der Waals surface area (Å²) in [5.74, 6) is 0. The molecule has 0 saturated heterocycles. The van der Waals surface area contributed by atoms with Crippen molar-refractivity contribution in [3.05, 3.63) is 0 Å². The van der Waals surface area contributed by atoms with E-state index in [0.717, 1.165) is 32.8 Å². The maximum absolute atomic E-state index is 5.50. The maximum atomic E-state index is 5.50. The van der Waals surface area contributed by atoms with E-state index in [1.807, 2.05) is 0 Å². The molecule has 0 aliphatic heterocycles. The van der Waals surface area contributed by atoms with Crippen molar-refractivity contribution in [2.24, 2.45) is 5.41 Å². The van der Waals surface area contributed by atoms with Gasteiger partial charge in [-0.15, -0.1) is 0 Å². The average Bonchev–Trinajstić information content (AvgIpc) is 2.14. The molecule has 0 spiro atoms. The molecular formula is C13H30N2O. The standard InChI is InChI=1S/C13H30N2O/c1-6-7-9-16-10-8-14-11-13(2,3)12-15(4)5/h14H,6-12H2,1-5H3.